The Kier molecular flexibility index (Phi) is 4.01. The smallest absolute Gasteiger partial charge is 0.360 e. The highest BCUT2D eigenvalue weighted by molar-refractivity contribution is 5.49. The third-order valence-corrected chi connectivity index (χ3v) is 3.69. The average Bonchev–Trinajstić information content (AvgIpc) is 2.86. The van der Waals surface area contributed by atoms with E-state index in [-0.39, 0.29) is 5.69 Å². The highest BCUT2D eigenvalue weighted by Gasteiger charge is 2.09. The maximum absolute atomic E-state index is 11.1. The van der Waals surface area contributed by atoms with E-state index in [1.165, 1.54) is 32.4 Å². The summed E-state index contributed by atoms with van der Waals surface area (Å²) in [5.41, 5.74) is 0.473. The van der Waals surface area contributed by atoms with Gasteiger partial charge < -0.3 is 9.64 Å². The lowest BCUT2D eigenvalue weighted by molar-refractivity contribution is 0.205. The van der Waals surface area contributed by atoms with E-state index in [0.29, 0.717) is 6.61 Å². The molecule has 1 N–H and O–H groups in total. The summed E-state index contributed by atoms with van der Waals surface area (Å²) in [5.74, 6) is 0.771. The fourth-order valence-corrected chi connectivity index (χ4v) is 2.65. The monoisotopic (exact) mass is 276 g/mol. The van der Waals surface area contributed by atoms with Crippen LogP contribution in [-0.4, -0.2) is 45.7 Å². The second kappa shape index (κ2) is 6.09. The predicted octanol–water partition coefficient (Wildman–Crippen LogP) is 1.28. The number of hydrogen-bond acceptors (Lipinski definition) is 4. The van der Waals surface area contributed by atoms with E-state index in [1.54, 1.807) is 16.9 Å². The highest BCUT2D eigenvalue weighted by Crippen LogP contribution is 2.15. The molecule has 3 rings (SSSR count). The summed E-state index contributed by atoms with van der Waals surface area (Å²) in [5, 5.41) is 2.61. The molecular weight excluding hydrogens is 256 g/mol. The first-order valence-corrected chi connectivity index (χ1v) is 7.24. The topological polar surface area (TPSA) is 62.6 Å². The molecule has 1 aliphatic rings. The zero-order chi connectivity index (χ0) is 13.8. The van der Waals surface area contributed by atoms with E-state index in [2.05, 4.69) is 15.0 Å². The summed E-state index contributed by atoms with van der Waals surface area (Å²) in [6.45, 7) is 4.25. The lowest BCUT2D eigenvalue weighted by Gasteiger charge is -2.26. The first-order chi connectivity index (χ1) is 9.81. The first-order valence-electron chi connectivity index (χ1n) is 7.24. The van der Waals surface area contributed by atoms with Crippen molar-refractivity contribution in [1.29, 1.82) is 0 Å². The van der Waals surface area contributed by atoms with Gasteiger partial charge in [0.1, 0.15) is 5.75 Å². The normalized spacial score (nSPS) is 16.6. The predicted molar refractivity (Wildman–Crippen MR) is 76.2 cm³/mol. The van der Waals surface area contributed by atoms with Gasteiger partial charge in [-0.2, -0.15) is 4.98 Å². The molecule has 1 saturated heterocycles. The number of hydrogen-bond donors (Lipinski definition) is 1. The zero-order valence-corrected chi connectivity index (χ0v) is 11.5. The summed E-state index contributed by atoms with van der Waals surface area (Å²) in [4.78, 5) is 17.3. The van der Waals surface area contributed by atoms with E-state index in [9.17, 15) is 4.79 Å². The Balaban J connectivity index is 1.48. The van der Waals surface area contributed by atoms with Crippen molar-refractivity contribution < 1.29 is 4.74 Å². The van der Waals surface area contributed by atoms with Gasteiger partial charge in [-0.3, -0.25) is 4.52 Å². The molecule has 0 saturated carbocycles. The lowest BCUT2D eigenvalue weighted by atomic mass is 10.1. The van der Waals surface area contributed by atoms with Gasteiger partial charge in [0.15, 0.2) is 0 Å². The Bertz CT molecular complexity index is 613. The molecule has 0 spiro atoms. The fourth-order valence-electron chi connectivity index (χ4n) is 2.65. The third-order valence-electron chi connectivity index (χ3n) is 3.69. The molecule has 0 bridgehead atoms. The second-order valence-corrected chi connectivity index (χ2v) is 5.25. The number of fused-ring (bicyclic) bond motifs is 1. The number of H-pyrrole nitrogens is 1. The molecule has 6 heteroatoms. The minimum absolute atomic E-state index is 0.357. The maximum atomic E-state index is 11.1. The molecule has 2 aromatic heterocycles. The highest BCUT2D eigenvalue weighted by atomic mass is 16.5. The van der Waals surface area contributed by atoms with Crippen LogP contribution in [0.4, 0.5) is 0 Å². The molecule has 0 aromatic carbocycles. The minimum Gasteiger partial charge on any atom is -0.492 e. The molecule has 6 nitrogen and oxygen atoms in total. The van der Waals surface area contributed by atoms with Crippen LogP contribution in [-0.2, 0) is 0 Å². The summed E-state index contributed by atoms with van der Waals surface area (Å²) >= 11 is 0. The van der Waals surface area contributed by atoms with Crippen LogP contribution in [0.5, 0.6) is 5.75 Å². The number of ether oxygens (including phenoxy) is 1. The summed E-state index contributed by atoms with van der Waals surface area (Å²) in [6, 6.07) is 1.88. The standard InChI is InChI=1S/C14H20N4O2/c19-14-15-10-12-9-13(11-18(12)16-14)20-8-4-7-17-5-2-1-3-6-17/h9-11H,1-8H2,(H,16,19). The summed E-state index contributed by atoms with van der Waals surface area (Å²) < 4.78 is 7.36. The molecule has 0 unspecified atom stereocenters. The quantitative estimate of drug-likeness (QED) is 0.836. The molecular formula is C14H20N4O2. The van der Waals surface area contributed by atoms with Crippen molar-refractivity contribution >= 4 is 5.52 Å². The lowest BCUT2D eigenvalue weighted by Crippen LogP contribution is -2.31. The van der Waals surface area contributed by atoms with Gasteiger partial charge in [0.25, 0.3) is 0 Å². The molecule has 0 radical (unpaired) electrons. The molecule has 0 aliphatic carbocycles. The van der Waals surface area contributed by atoms with Crippen molar-refractivity contribution in [2.45, 2.75) is 25.7 Å². The van der Waals surface area contributed by atoms with Crippen LogP contribution >= 0.6 is 0 Å². The van der Waals surface area contributed by atoms with Gasteiger partial charge in [-0.1, -0.05) is 6.42 Å². The van der Waals surface area contributed by atoms with E-state index in [1.807, 2.05) is 6.07 Å². The van der Waals surface area contributed by atoms with Crippen LogP contribution in [0.15, 0.2) is 23.3 Å². The Morgan fingerprint density at radius 2 is 2.15 bits per heavy atom. The van der Waals surface area contributed by atoms with Crippen LogP contribution in [0, 0.1) is 0 Å². The third kappa shape index (κ3) is 3.19. The van der Waals surface area contributed by atoms with Crippen molar-refractivity contribution in [2.75, 3.05) is 26.2 Å². The minimum atomic E-state index is -0.357. The van der Waals surface area contributed by atoms with E-state index in [4.69, 9.17) is 4.74 Å². The fraction of sp³-hybridized carbons (Fsp3) is 0.571. The van der Waals surface area contributed by atoms with Crippen molar-refractivity contribution in [1.82, 2.24) is 19.5 Å². The Labute approximate surface area is 117 Å². The number of nitrogens with one attached hydrogen (secondary N) is 1. The van der Waals surface area contributed by atoms with Crippen LogP contribution in [0.3, 0.4) is 0 Å². The summed E-state index contributed by atoms with van der Waals surface area (Å²) in [6.07, 6.45) is 8.37. The molecule has 1 fully saturated rings. The van der Waals surface area contributed by atoms with Crippen LogP contribution < -0.4 is 10.4 Å². The van der Waals surface area contributed by atoms with E-state index in [0.717, 1.165) is 24.2 Å². The van der Waals surface area contributed by atoms with Crippen LogP contribution in [0.25, 0.3) is 5.52 Å². The van der Waals surface area contributed by atoms with E-state index < -0.39 is 0 Å². The Morgan fingerprint density at radius 3 is 3.00 bits per heavy atom. The van der Waals surface area contributed by atoms with Crippen molar-refractivity contribution in [3.05, 3.63) is 28.9 Å². The van der Waals surface area contributed by atoms with Crippen LogP contribution in [0.2, 0.25) is 0 Å². The Morgan fingerprint density at radius 1 is 1.30 bits per heavy atom. The van der Waals surface area contributed by atoms with Gasteiger partial charge in [-0.05, 0) is 32.4 Å². The molecule has 0 atom stereocenters. The molecule has 1 aliphatic heterocycles. The van der Waals surface area contributed by atoms with Crippen LogP contribution in [0.1, 0.15) is 25.7 Å². The SMILES string of the molecule is O=c1ncc2cc(OCCCN3CCCCC3)cn2[nH]1. The van der Waals surface area contributed by atoms with E-state index >= 15 is 0 Å². The number of aromatic amines is 1. The zero-order valence-electron chi connectivity index (χ0n) is 11.5. The van der Waals surface area contributed by atoms with Crippen molar-refractivity contribution in [2.24, 2.45) is 0 Å². The average molecular weight is 276 g/mol. The number of piperidine rings is 1. The molecule has 20 heavy (non-hydrogen) atoms. The van der Waals surface area contributed by atoms with Crippen molar-refractivity contribution in [3.8, 4) is 5.75 Å². The Hall–Kier alpha value is -1.82. The molecule has 108 valence electrons. The van der Waals surface area contributed by atoms with Gasteiger partial charge >= 0.3 is 5.69 Å². The van der Waals surface area contributed by atoms with Gasteiger partial charge in [-0.25, -0.2) is 9.89 Å². The summed E-state index contributed by atoms with van der Waals surface area (Å²) in [7, 11) is 0. The first kappa shape index (κ1) is 13.2. The number of nitrogens with zero attached hydrogens (tertiary/aromatic N) is 3. The maximum Gasteiger partial charge on any atom is 0.360 e. The van der Waals surface area contributed by atoms with Crippen molar-refractivity contribution in [3.63, 3.8) is 0 Å². The molecule has 3 heterocycles. The molecule has 0 amide bonds. The number of likely N-dealkylation sites (tertiary alicyclic amines) is 1. The van der Waals surface area contributed by atoms with Gasteiger partial charge in [0.05, 0.1) is 24.5 Å². The largest absolute Gasteiger partial charge is 0.492 e. The number of aromatic nitrogens is 3. The van der Waals surface area contributed by atoms with Gasteiger partial charge in [-0.15, -0.1) is 0 Å². The van der Waals surface area contributed by atoms with Gasteiger partial charge in [0, 0.05) is 12.6 Å². The van der Waals surface area contributed by atoms with Gasteiger partial charge in [0.2, 0.25) is 0 Å². The second-order valence-electron chi connectivity index (χ2n) is 5.25. The molecule has 2 aromatic rings. The number of rotatable bonds is 5.